The molecule has 8 heteroatoms. The van der Waals surface area contributed by atoms with Crippen molar-refractivity contribution in [1.82, 2.24) is 24.5 Å². The molecule has 0 bridgehead atoms. The molecule has 8 nitrogen and oxygen atoms in total. The maximum absolute atomic E-state index is 12.4. The lowest BCUT2D eigenvalue weighted by molar-refractivity contribution is -0.117. The van der Waals surface area contributed by atoms with Gasteiger partial charge in [-0.05, 0) is 19.4 Å². The summed E-state index contributed by atoms with van der Waals surface area (Å²) >= 11 is 0. The highest BCUT2D eigenvalue weighted by atomic mass is 16.2. The number of anilines is 1. The van der Waals surface area contributed by atoms with E-state index in [1.165, 1.54) is 4.68 Å². The van der Waals surface area contributed by atoms with E-state index < -0.39 is 0 Å². The first-order valence-corrected chi connectivity index (χ1v) is 7.93. The van der Waals surface area contributed by atoms with Gasteiger partial charge in [-0.25, -0.2) is 4.68 Å². The van der Waals surface area contributed by atoms with Crippen LogP contribution in [0.25, 0.3) is 0 Å². The molecule has 1 amide bonds. The van der Waals surface area contributed by atoms with Gasteiger partial charge in [0.05, 0.1) is 29.3 Å². The van der Waals surface area contributed by atoms with E-state index in [-0.39, 0.29) is 18.0 Å². The summed E-state index contributed by atoms with van der Waals surface area (Å²) in [5.74, 6) is -0.0746. The molecule has 0 fully saturated rings. The third-order valence-corrected chi connectivity index (χ3v) is 4.46. The molecule has 0 radical (unpaired) electrons. The molecule has 1 aliphatic heterocycles. The fourth-order valence-corrected chi connectivity index (χ4v) is 3.02. The number of amides is 1. The van der Waals surface area contributed by atoms with E-state index in [1.54, 1.807) is 17.8 Å². The largest absolute Gasteiger partial charge is 0.322 e. The molecule has 0 unspecified atom stereocenters. The smallest absolute Gasteiger partial charge is 0.266 e. The van der Waals surface area contributed by atoms with Crippen molar-refractivity contribution in [1.29, 1.82) is 0 Å². The van der Waals surface area contributed by atoms with Crippen molar-refractivity contribution in [3.63, 3.8) is 0 Å². The molecule has 0 saturated heterocycles. The Morgan fingerprint density at radius 2 is 2.00 bits per heavy atom. The number of carbonyl (C=O) groups excluding carboxylic acids is 1. The normalized spacial score (nSPS) is 14.5. The summed E-state index contributed by atoms with van der Waals surface area (Å²) in [6, 6.07) is 1.61. The predicted octanol–water partition coefficient (Wildman–Crippen LogP) is 0.127. The van der Waals surface area contributed by atoms with E-state index in [9.17, 15) is 9.59 Å². The zero-order chi connectivity index (χ0) is 17.4. The van der Waals surface area contributed by atoms with Gasteiger partial charge in [0.1, 0.15) is 0 Å². The average molecular weight is 330 g/mol. The van der Waals surface area contributed by atoms with Crippen LogP contribution in [0.5, 0.6) is 0 Å². The highest BCUT2D eigenvalue weighted by Gasteiger charge is 2.21. The second kappa shape index (κ2) is 6.20. The molecular formula is C16H22N6O2. The third kappa shape index (κ3) is 3.09. The summed E-state index contributed by atoms with van der Waals surface area (Å²) in [4.78, 5) is 26.1. The Balaban J connectivity index is 1.67. The minimum Gasteiger partial charge on any atom is -0.322 e. The summed E-state index contributed by atoms with van der Waals surface area (Å²) in [5, 5.41) is 11.5. The van der Waals surface area contributed by atoms with E-state index in [1.807, 2.05) is 25.8 Å². The van der Waals surface area contributed by atoms with Crippen LogP contribution in [0.1, 0.15) is 22.6 Å². The Hall–Kier alpha value is -2.48. The molecule has 2 aromatic heterocycles. The van der Waals surface area contributed by atoms with Crippen LogP contribution in [0.3, 0.4) is 0 Å². The summed E-state index contributed by atoms with van der Waals surface area (Å²) in [6.45, 7) is 5.39. The molecule has 0 atom stereocenters. The molecule has 3 rings (SSSR count). The van der Waals surface area contributed by atoms with Gasteiger partial charge in [-0.1, -0.05) is 0 Å². The topological polar surface area (TPSA) is 85.1 Å². The van der Waals surface area contributed by atoms with Crippen LogP contribution in [-0.2, 0) is 31.9 Å². The quantitative estimate of drug-likeness (QED) is 0.864. The van der Waals surface area contributed by atoms with Gasteiger partial charge >= 0.3 is 0 Å². The Morgan fingerprint density at radius 3 is 2.67 bits per heavy atom. The maximum Gasteiger partial charge on any atom is 0.266 e. The van der Waals surface area contributed by atoms with Crippen LogP contribution in [0.2, 0.25) is 0 Å². The molecule has 128 valence electrons. The van der Waals surface area contributed by atoms with Gasteiger partial charge in [0.2, 0.25) is 5.91 Å². The summed E-state index contributed by atoms with van der Waals surface area (Å²) in [7, 11) is 3.51. The summed E-state index contributed by atoms with van der Waals surface area (Å²) in [5.41, 5.74) is 4.23. The number of nitrogens with zero attached hydrogens (tertiary/aromatic N) is 5. The Bertz CT molecular complexity index is 851. The molecule has 0 aliphatic carbocycles. The minimum atomic E-state index is -0.123. The van der Waals surface area contributed by atoms with Crippen LogP contribution in [0.4, 0.5) is 5.69 Å². The third-order valence-electron chi connectivity index (χ3n) is 4.46. The second-order valence-corrected chi connectivity index (χ2v) is 6.26. The Kier molecular flexibility index (Phi) is 4.23. The number of hydrogen-bond acceptors (Lipinski definition) is 5. The lowest BCUT2D eigenvalue weighted by atomic mass is 10.1. The highest BCUT2D eigenvalue weighted by molar-refractivity contribution is 5.93. The number of aromatic nitrogens is 4. The fourth-order valence-electron chi connectivity index (χ4n) is 3.02. The number of nitrogens with one attached hydrogen (secondary N) is 1. The van der Waals surface area contributed by atoms with Crippen molar-refractivity contribution in [3.8, 4) is 0 Å². The van der Waals surface area contributed by atoms with Crippen molar-refractivity contribution in [2.45, 2.75) is 26.8 Å². The molecule has 1 aliphatic rings. The van der Waals surface area contributed by atoms with E-state index in [0.29, 0.717) is 6.54 Å². The van der Waals surface area contributed by atoms with Crippen LogP contribution >= 0.6 is 0 Å². The van der Waals surface area contributed by atoms with Crippen molar-refractivity contribution in [3.05, 3.63) is 39.1 Å². The van der Waals surface area contributed by atoms with Gasteiger partial charge in [0.25, 0.3) is 5.56 Å². The zero-order valence-electron chi connectivity index (χ0n) is 14.5. The molecule has 0 saturated carbocycles. The van der Waals surface area contributed by atoms with Crippen molar-refractivity contribution >= 4 is 11.6 Å². The van der Waals surface area contributed by atoms with Crippen LogP contribution in [0, 0.1) is 13.8 Å². The van der Waals surface area contributed by atoms with E-state index >= 15 is 0 Å². The maximum atomic E-state index is 12.4. The Labute approximate surface area is 140 Å². The number of rotatable bonds is 3. The lowest BCUT2D eigenvalue weighted by Gasteiger charge is -2.27. The minimum absolute atomic E-state index is 0.0746. The van der Waals surface area contributed by atoms with E-state index in [0.717, 1.165) is 41.3 Å². The molecule has 3 heterocycles. The summed E-state index contributed by atoms with van der Waals surface area (Å²) in [6.07, 6.45) is 0.738. The number of carbonyl (C=O) groups is 1. The highest BCUT2D eigenvalue weighted by Crippen LogP contribution is 2.19. The Morgan fingerprint density at radius 1 is 1.25 bits per heavy atom. The van der Waals surface area contributed by atoms with Crippen LogP contribution in [-0.4, -0.2) is 43.5 Å². The van der Waals surface area contributed by atoms with Crippen molar-refractivity contribution < 1.29 is 4.79 Å². The van der Waals surface area contributed by atoms with Gasteiger partial charge < -0.3 is 5.32 Å². The zero-order valence-corrected chi connectivity index (χ0v) is 14.5. The van der Waals surface area contributed by atoms with Gasteiger partial charge in [0, 0.05) is 39.7 Å². The number of aryl methyl sites for hydroxylation is 3. The second-order valence-electron chi connectivity index (χ2n) is 6.26. The monoisotopic (exact) mass is 330 g/mol. The fraction of sp³-hybridized carbons (Fsp3) is 0.500. The van der Waals surface area contributed by atoms with Crippen molar-refractivity contribution in [2.24, 2.45) is 14.1 Å². The standard InChI is InChI=1S/C16H22N6O2/c1-10-16(11(2)20(3)18-10)17-14(23)9-22-6-5-13-12(8-22)7-15(24)21(4)19-13/h7H,5-6,8-9H2,1-4H3,(H,17,23). The molecule has 0 aromatic carbocycles. The van der Waals surface area contributed by atoms with E-state index in [2.05, 4.69) is 15.5 Å². The van der Waals surface area contributed by atoms with E-state index in [4.69, 9.17) is 0 Å². The van der Waals surface area contributed by atoms with Crippen molar-refractivity contribution in [2.75, 3.05) is 18.4 Å². The SMILES string of the molecule is Cc1nn(C)c(C)c1NC(=O)CN1CCc2nn(C)c(=O)cc2C1. The van der Waals surface area contributed by atoms with Gasteiger partial charge in [0.15, 0.2) is 0 Å². The summed E-state index contributed by atoms with van der Waals surface area (Å²) < 4.78 is 3.11. The molecule has 0 spiro atoms. The average Bonchev–Trinajstić information content (AvgIpc) is 2.75. The first kappa shape index (κ1) is 16.4. The van der Waals surface area contributed by atoms with Crippen LogP contribution in [0.15, 0.2) is 10.9 Å². The first-order chi connectivity index (χ1) is 11.3. The molecule has 24 heavy (non-hydrogen) atoms. The molecule has 2 aromatic rings. The van der Waals surface area contributed by atoms with Gasteiger partial charge in [-0.3, -0.25) is 19.2 Å². The first-order valence-electron chi connectivity index (χ1n) is 7.93. The molecular weight excluding hydrogens is 308 g/mol. The van der Waals surface area contributed by atoms with Gasteiger partial charge in [-0.15, -0.1) is 0 Å². The molecule has 1 N–H and O–H groups in total. The number of hydrogen-bond donors (Lipinski definition) is 1. The van der Waals surface area contributed by atoms with Gasteiger partial charge in [-0.2, -0.15) is 10.2 Å². The number of fused-ring (bicyclic) bond motifs is 1. The predicted molar refractivity (Wildman–Crippen MR) is 89.8 cm³/mol. The van der Waals surface area contributed by atoms with Crippen LogP contribution < -0.4 is 10.9 Å². The lowest BCUT2D eigenvalue weighted by Crippen LogP contribution is -2.39.